The molecule has 198 valence electrons. The van der Waals surface area contributed by atoms with Crippen LogP contribution in [0.1, 0.15) is 106 Å². The Kier molecular flexibility index (Phi) is 8.53. The van der Waals surface area contributed by atoms with Gasteiger partial charge in [-0.1, -0.05) is 53.9 Å². The number of carboxylic acid groups (broad SMARTS) is 1. The van der Waals surface area contributed by atoms with Crippen LogP contribution >= 0.6 is 0 Å². The predicted molar refractivity (Wildman–Crippen MR) is 134 cm³/mol. The number of carboxylic acids is 1. The highest BCUT2D eigenvalue weighted by Crippen LogP contribution is 2.64. The molecule has 0 aromatic heterocycles. The standard InChI is InChI=1S/C29H46O6/c1-17(2)8-7-9-18(3)21-10-11-22-25(26(32)27(33)34)23(13-15-28(21,22)5)29(6)14-12-20(16-24(29)31)35-19(4)30/h17-18,20-23,25H,7-16H2,1-6H3,(H,33,34)/t18-,20-,21+,22+,23+,25-,28+,29+/m0/s1. The zero-order valence-electron chi connectivity index (χ0n) is 22.6. The molecule has 3 aliphatic rings. The van der Waals surface area contributed by atoms with Crippen LogP contribution in [-0.2, 0) is 23.9 Å². The molecule has 0 spiro atoms. The summed E-state index contributed by atoms with van der Waals surface area (Å²) in [7, 11) is 0. The molecule has 8 atom stereocenters. The van der Waals surface area contributed by atoms with Gasteiger partial charge in [0.2, 0.25) is 5.78 Å². The maximum atomic E-state index is 13.4. The zero-order valence-corrected chi connectivity index (χ0v) is 22.6. The molecular weight excluding hydrogens is 444 g/mol. The summed E-state index contributed by atoms with van der Waals surface area (Å²) in [5.74, 6) is -1.66. The SMILES string of the molecule is CC(=O)O[C@H]1CC[C@](C)([C@@H]2CC[C@@]3(C)[C@H](CC[C@@H]3[C@@H](C)CCCC(C)C)[C@@H]2C(=O)C(=O)O)C(=O)C1. The Morgan fingerprint density at radius 1 is 1.00 bits per heavy atom. The smallest absolute Gasteiger partial charge is 0.372 e. The first-order valence-electron chi connectivity index (χ1n) is 13.8. The van der Waals surface area contributed by atoms with Gasteiger partial charge in [0.25, 0.3) is 0 Å². The highest BCUT2D eigenvalue weighted by molar-refractivity contribution is 6.33. The summed E-state index contributed by atoms with van der Waals surface area (Å²) >= 11 is 0. The molecule has 35 heavy (non-hydrogen) atoms. The zero-order chi connectivity index (χ0) is 26.1. The summed E-state index contributed by atoms with van der Waals surface area (Å²) in [6.45, 7) is 12.4. The molecule has 0 heterocycles. The fraction of sp³-hybridized carbons (Fsp3) is 0.862. The first-order chi connectivity index (χ1) is 16.3. The lowest BCUT2D eigenvalue weighted by Gasteiger charge is -2.54. The highest BCUT2D eigenvalue weighted by Gasteiger charge is 2.61. The summed E-state index contributed by atoms with van der Waals surface area (Å²) in [4.78, 5) is 50.1. The van der Waals surface area contributed by atoms with E-state index in [0.717, 1.165) is 19.3 Å². The van der Waals surface area contributed by atoms with Crippen LogP contribution in [0.4, 0.5) is 0 Å². The molecule has 0 aliphatic heterocycles. The Hall–Kier alpha value is -1.72. The molecule has 0 unspecified atom stereocenters. The van der Waals surface area contributed by atoms with E-state index in [-0.39, 0.29) is 29.5 Å². The van der Waals surface area contributed by atoms with Crippen LogP contribution in [0.2, 0.25) is 0 Å². The van der Waals surface area contributed by atoms with Crippen LogP contribution in [-0.4, -0.2) is 34.7 Å². The van der Waals surface area contributed by atoms with Crippen molar-refractivity contribution in [2.24, 2.45) is 46.3 Å². The lowest BCUT2D eigenvalue weighted by Crippen LogP contribution is -2.54. The predicted octanol–water partition coefficient (Wildman–Crippen LogP) is 5.85. The van der Waals surface area contributed by atoms with Gasteiger partial charge in [0, 0.05) is 24.7 Å². The normalized spacial score (nSPS) is 38.1. The number of Topliss-reactive ketones (excluding diaryl/α,β-unsaturated/α-hetero) is 2. The van der Waals surface area contributed by atoms with E-state index in [1.165, 1.54) is 26.2 Å². The fourth-order valence-electron chi connectivity index (χ4n) is 8.26. The van der Waals surface area contributed by atoms with E-state index in [1.807, 2.05) is 6.92 Å². The van der Waals surface area contributed by atoms with Crippen molar-refractivity contribution in [3.63, 3.8) is 0 Å². The number of ether oxygens (including phenoxy) is 1. The van der Waals surface area contributed by atoms with Crippen molar-refractivity contribution in [3.8, 4) is 0 Å². The van der Waals surface area contributed by atoms with Gasteiger partial charge in [-0.15, -0.1) is 0 Å². The van der Waals surface area contributed by atoms with E-state index in [0.29, 0.717) is 37.0 Å². The number of carbonyl (C=O) groups excluding carboxylic acids is 3. The number of esters is 1. The van der Waals surface area contributed by atoms with Crippen molar-refractivity contribution in [1.29, 1.82) is 0 Å². The number of hydrogen-bond donors (Lipinski definition) is 1. The molecule has 0 saturated heterocycles. The number of hydrogen-bond acceptors (Lipinski definition) is 5. The number of rotatable bonds is 9. The Labute approximate surface area is 210 Å². The third-order valence-electron chi connectivity index (χ3n) is 10.2. The second-order valence-corrected chi connectivity index (χ2v) is 12.8. The topological polar surface area (TPSA) is 97.7 Å². The van der Waals surface area contributed by atoms with Crippen LogP contribution in [0.5, 0.6) is 0 Å². The Morgan fingerprint density at radius 2 is 1.69 bits per heavy atom. The summed E-state index contributed by atoms with van der Waals surface area (Å²) < 4.78 is 5.31. The first kappa shape index (κ1) is 27.9. The van der Waals surface area contributed by atoms with Crippen molar-refractivity contribution in [2.75, 3.05) is 0 Å². The van der Waals surface area contributed by atoms with E-state index >= 15 is 0 Å². The second kappa shape index (κ2) is 10.7. The Bertz CT molecular complexity index is 833. The molecule has 3 saturated carbocycles. The molecule has 1 N–H and O–H groups in total. The number of fused-ring (bicyclic) bond motifs is 1. The lowest BCUT2D eigenvalue weighted by atomic mass is 9.49. The third kappa shape index (κ3) is 5.51. The maximum Gasteiger partial charge on any atom is 0.372 e. The average molecular weight is 491 g/mol. The minimum Gasteiger partial charge on any atom is -0.475 e. The second-order valence-electron chi connectivity index (χ2n) is 12.8. The quantitative estimate of drug-likeness (QED) is 0.321. The van der Waals surface area contributed by atoms with Gasteiger partial charge in [0.15, 0.2) is 0 Å². The maximum absolute atomic E-state index is 13.4. The largest absolute Gasteiger partial charge is 0.475 e. The summed E-state index contributed by atoms with van der Waals surface area (Å²) in [5, 5.41) is 9.80. The van der Waals surface area contributed by atoms with Gasteiger partial charge in [-0.25, -0.2) is 4.79 Å². The van der Waals surface area contributed by atoms with Gasteiger partial charge in [0.1, 0.15) is 11.9 Å². The van der Waals surface area contributed by atoms with Crippen LogP contribution in [0.25, 0.3) is 0 Å². The van der Waals surface area contributed by atoms with Crippen molar-refractivity contribution in [3.05, 3.63) is 0 Å². The molecule has 0 amide bonds. The number of aliphatic carboxylic acids is 1. The molecule has 6 nitrogen and oxygen atoms in total. The lowest BCUT2D eigenvalue weighted by molar-refractivity contribution is -0.164. The fourth-order valence-corrected chi connectivity index (χ4v) is 8.26. The molecule has 0 aromatic rings. The molecule has 0 bridgehead atoms. The number of carbonyl (C=O) groups is 4. The van der Waals surface area contributed by atoms with Crippen molar-refractivity contribution < 1.29 is 29.0 Å². The molecule has 0 aromatic carbocycles. The van der Waals surface area contributed by atoms with Gasteiger partial charge in [-0.2, -0.15) is 0 Å². The van der Waals surface area contributed by atoms with E-state index < -0.39 is 35.2 Å². The Balaban J connectivity index is 1.84. The van der Waals surface area contributed by atoms with Crippen LogP contribution < -0.4 is 0 Å². The minimum absolute atomic E-state index is 0.00165. The van der Waals surface area contributed by atoms with E-state index in [1.54, 1.807) is 0 Å². The first-order valence-corrected chi connectivity index (χ1v) is 13.8. The molecule has 6 heteroatoms. The van der Waals surface area contributed by atoms with Crippen molar-refractivity contribution in [1.82, 2.24) is 0 Å². The monoisotopic (exact) mass is 490 g/mol. The van der Waals surface area contributed by atoms with Crippen molar-refractivity contribution >= 4 is 23.5 Å². The molecular formula is C29H46O6. The van der Waals surface area contributed by atoms with Crippen molar-refractivity contribution in [2.45, 2.75) is 112 Å². The molecule has 3 rings (SSSR count). The van der Waals surface area contributed by atoms with E-state index in [2.05, 4.69) is 27.7 Å². The summed E-state index contributed by atoms with van der Waals surface area (Å²) in [5.41, 5.74) is -0.827. The summed E-state index contributed by atoms with van der Waals surface area (Å²) in [6, 6.07) is 0. The molecule has 3 fully saturated rings. The van der Waals surface area contributed by atoms with Gasteiger partial charge in [0.05, 0.1) is 0 Å². The molecule has 3 aliphatic carbocycles. The van der Waals surface area contributed by atoms with E-state index in [4.69, 9.17) is 4.74 Å². The molecule has 0 radical (unpaired) electrons. The number of ketones is 2. The third-order valence-corrected chi connectivity index (χ3v) is 10.2. The van der Waals surface area contributed by atoms with Crippen LogP contribution in [0.3, 0.4) is 0 Å². The van der Waals surface area contributed by atoms with Gasteiger partial charge in [-0.05, 0) is 73.5 Å². The van der Waals surface area contributed by atoms with E-state index in [9.17, 15) is 24.3 Å². The Morgan fingerprint density at radius 3 is 2.26 bits per heavy atom. The average Bonchev–Trinajstić information content (AvgIpc) is 3.11. The van der Waals surface area contributed by atoms with Crippen LogP contribution in [0, 0.1) is 46.3 Å². The van der Waals surface area contributed by atoms with Gasteiger partial charge < -0.3 is 9.84 Å². The highest BCUT2D eigenvalue weighted by atomic mass is 16.5. The summed E-state index contributed by atoms with van der Waals surface area (Å²) in [6.07, 6.45) is 7.93. The van der Waals surface area contributed by atoms with Crippen LogP contribution in [0.15, 0.2) is 0 Å². The minimum atomic E-state index is -1.37. The van der Waals surface area contributed by atoms with Gasteiger partial charge in [-0.3, -0.25) is 14.4 Å². The van der Waals surface area contributed by atoms with Gasteiger partial charge >= 0.3 is 11.9 Å².